The number of piperazine rings is 1. The third kappa shape index (κ3) is 3.14. The van der Waals surface area contributed by atoms with Gasteiger partial charge in [-0.15, -0.1) is 0 Å². The van der Waals surface area contributed by atoms with Crippen LogP contribution in [0.1, 0.15) is 19.7 Å². The Hall–Kier alpha value is -1.88. The first-order valence-electron chi connectivity index (χ1n) is 8.08. The summed E-state index contributed by atoms with van der Waals surface area (Å²) in [6, 6.07) is 8.08. The fourth-order valence-electron chi connectivity index (χ4n) is 2.97. The molecule has 1 aromatic heterocycles. The predicted molar refractivity (Wildman–Crippen MR) is 87.7 cm³/mol. The number of imidazole rings is 1. The van der Waals surface area contributed by atoms with E-state index in [-0.39, 0.29) is 5.91 Å². The zero-order valence-corrected chi connectivity index (χ0v) is 13.4. The number of hydrogen-bond donors (Lipinski definition) is 1. The molecule has 0 bridgehead atoms. The van der Waals surface area contributed by atoms with Gasteiger partial charge >= 0.3 is 0 Å². The van der Waals surface area contributed by atoms with Crippen molar-refractivity contribution in [3.05, 3.63) is 30.1 Å². The molecule has 1 N–H and O–H groups in total. The molecule has 1 amide bonds. The summed E-state index contributed by atoms with van der Waals surface area (Å²) in [5, 5.41) is 3.28. The maximum atomic E-state index is 12.6. The molecule has 0 atom stereocenters. The van der Waals surface area contributed by atoms with Crippen LogP contribution in [-0.2, 0) is 17.8 Å². The lowest BCUT2D eigenvalue weighted by molar-refractivity contribution is -0.132. The number of amides is 1. The number of benzene rings is 1. The Labute approximate surface area is 131 Å². The van der Waals surface area contributed by atoms with Gasteiger partial charge in [-0.25, -0.2) is 4.98 Å². The van der Waals surface area contributed by atoms with Gasteiger partial charge in [-0.3, -0.25) is 4.79 Å². The lowest BCUT2D eigenvalue weighted by Crippen LogP contribution is -2.47. The molecule has 1 fully saturated rings. The number of fused-ring (bicyclic) bond motifs is 1. The van der Waals surface area contributed by atoms with Gasteiger partial charge in [0.1, 0.15) is 12.4 Å². The average Bonchev–Trinajstić information content (AvgIpc) is 2.85. The van der Waals surface area contributed by atoms with Crippen molar-refractivity contribution in [2.75, 3.05) is 26.2 Å². The highest BCUT2D eigenvalue weighted by molar-refractivity contribution is 5.81. The quantitative estimate of drug-likeness (QED) is 0.934. The summed E-state index contributed by atoms with van der Waals surface area (Å²) in [6.07, 6.45) is 0.892. The van der Waals surface area contributed by atoms with E-state index in [4.69, 9.17) is 4.98 Å². The summed E-state index contributed by atoms with van der Waals surface area (Å²) in [5.41, 5.74) is 2.04. The minimum atomic E-state index is 0.189. The predicted octanol–water partition coefficient (Wildman–Crippen LogP) is 1.67. The maximum Gasteiger partial charge on any atom is 0.242 e. The second-order valence-corrected chi connectivity index (χ2v) is 6.33. The van der Waals surface area contributed by atoms with E-state index in [1.165, 1.54) is 0 Å². The van der Waals surface area contributed by atoms with Gasteiger partial charge in [0.05, 0.1) is 11.0 Å². The van der Waals surface area contributed by atoms with Crippen LogP contribution in [0, 0.1) is 5.92 Å². The van der Waals surface area contributed by atoms with Crippen LogP contribution in [0.15, 0.2) is 24.3 Å². The molecule has 118 valence electrons. The highest BCUT2D eigenvalue weighted by Crippen LogP contribution is 2.18. The van der Waals surface area contributed by atoms with E-state index in [9.17, 15) is 4.79 Å². The number of carbonyl (C=O) groups is 1. The smallest absolute Gasteiger partial charge is 0.242 e. The first-order valence-corrected chi connectivity index (χ1v) is 8.08. The van der Waals surface area contributed by atoms with Crippen LogP contribution >= 0.6 is 0 Å². The number of nitrogens with one attached hydrogen (secondary N) is 1. The third-order valence-corrected chi connectivity index (χ3v) is 4.09. The number of hydrogen-bond acceptors (Lipinski definition) is 3. The molecule has 0 aliphatic carbocycles. The Kier molecular flexibility index (Phi) is 4.43. The molecule has 3 rings (SSSR count). The van der Waals surface area contributed by atoms with Gasteiger partial charge in [0.25, 0.3) is 0 Å². The number of nitrogens with zero attached hydrogens (tertiary/aromatic N) is 3. The Bertz CT molecular complexity index is 656. The van der Waals surface area contributed by atoms with Crippen molar-refractivity contribution < 1.29 is 4.79 Å². The summed E-state index contributed by atoms with van der Waals surface area (Å²) in [5.74, 6) is 1.72. The summed E-state index contributed by atoms with van der Waals surface area (Å²) in [4.78, 5) is 19.3. The zero-order chi connectivity index (χ0) is 15.5. The standard InChI is InChI=1S/C17H24N4O/c1-13(2)11-16-19-14-5-3-4-6-15(14)21(16)12-17(22)20-9-7-18-8-10-20/h3-6,13,18H,7-12H2,1-2H3. The highest BCUT2D eigenvalue weighted by Gasteiger charge is 2.19. The second-order valence-electron chi connectivity index (χ2n) is 6.33. The van der Waals surface area contributed by atoms with Crippen LogP contribution in [0.3, 0.4) is 0 Å². The highest BCUT2D eigenvalue weighted by atomic mass is 16.2. The van der Waals surface area contributed by atoms with Gasteiger partial charge in [0, 0.05) is 32.6 Å². The summed E-state index contributed by atoms with van der Waals surface area (Å²) in [6.45, 7) is 8.12. The van der Waals surface area contributed by atoms with Crippen molar-refractivity contribution in [1.82, 2.24) is 19.8 Å². The van der Waals surface area contributed by atoms with Crippen molar-refractivity contribution in [2.24, 2.45) is 5.92 Å². The van der Waals surface area contributed by atoms with E-state index in [1.807, 2.05) is 23.1 Å². The number of para-hydroxylation sites is 2. The lowest BCUT2D eigenvalue weighted by atomic mass is 10.1. The molecular formula is C17H24N4O. The largest absolute Gasteiger partial charge is 0.339 e. The molecule has 22 heavy (non-hydrogen) atoms. The van der Waals surface area contributed by atoms with E-state index < -0.39 is 0 Å². The number of carbonyl (C=O) groups excluding carboxylic acids is 1. The fraction of sp³-hybridized carbons (Fsp3) is 0.529. The lowest BCUT2D eigenvalue weighted by Gasteiger charge is -2.28. The molecule has 0 saturated carbocycles. The maximum absolute atomic E-state index is 12.6. The second kappa shape index (κ2) is 6.48. The molecule has 0 radical (unpaired) electrons. The minimum absolute atomic E-state index is 0.189. The third-order valence-electron chi connectivity index (χ3n) is 4.09. The van der Waals surface area contributed by atoms with Crippen molar-refractivity contribution in [2.45, 2.75) is 26.8 Å². The van der Waals surface area contributed by atoms with Gasteiger partial charge in [0.2, 0.25) is 5.91 Å². The van der Waals surface area contributed by atoms with E-state index in [0.717, 1.165) is 49.5 Å². The van der Waals surface area contributed by atoms with Crippen molar-refractivity contribution in [1.29, 1.82) is 0 Å². The summed E-state index contributed by atoms with van der Waals surface area (Å²) in [7, 11) is 0. The van der Waals surface area contributed by atoms with Crippen molar-refractivity contribution in [3.63, 3.8) is 0 Å². The van der Waals surface area contributed by atoms with Crippen molar-refractivity contribution >= 4 is 16.9 Å². The van der Waals surface area contributed by atoms with Gasteiger partial charge in [0.15, 0.2) is 0 Å². The van der Waals surface area contributed by atoms with Crippen LogP contribution in [0.25, 0.3) is 11.0 Å². The summed E-state index contributed by atoms with van der Waals surface area (Å²) < 4.78 is 2.10. The molecule has 1 saturated heterocycles. The van der Waals surface area contributed by atoms with E-state index >= 15 is 0 Å². The van der Waals surface area contributed by atoms with Crippen LogP contribution in [-0.4, -0.2) is 46.5 Å². The van der Waals surface area contributed by atoms with Crippen LogP contribution in [0.2, 0.25) is 0 Å². The average molecular weight is 300 g/mol. The molecule has 5 nitrogen and oxygen atoms in total. The van der Waals surface area contributed by atoms with Gasteiger partial charge in [-0.05, 0) is 18.1 Å². The topological polar surface area (TPSA) is 50.2 Å². The Morgan fingerprint density at radius 1 is 1.27 bits per heavy atom. The Balaban J connectivity index is 1.88. The summed E-state index contributed by atoms with van der Waals surface area (Å²) >= 11 is 0. The van der Waals surface area contributed by atoms with Crippen LogP contribution < -0.4 is 5.32 Å². The first kappa shape index (κ1) is 15.0. The molecular weight excluding hydrogens is 276 g/mol. The molecule has 1 aromatic carbocycles. The molecule has 1 aliphatic heterocycles. The molecule has 0 unspecified atom stereocenters. The van der Waals surface area contributed by atoms with Gasteiger partial charge in [-0.2, -0.15) is 0 Å². The monoisotopic (exact) mass is 300 g/mol. The Morgan fingerprint density at radius 3 is 2.73 bits per heavy atom. The normalized spacial score (nSPS) is 15.7. The molecule has 2 heterocycles. The van der Waals surface area contributed by atoms with E-state index in [1.54, 1.807) is 0 Å². The van der Waals surface area contributed by atoms with E-state index in [0.29, 0.717) is 12.5 Å². The van der Waals surface area contributed by atoms with Crippen LogP contribution in [0.4, 0.5) is 0 Å². The minimum Gasteiger partial charge on any atom is -0.339 e. The molecule has 1 aliphatic rings. The van der Waals surface area contributed by atoms with Gasteiger partial charge < -0.3 is 14.8 Å². The number of rotatable bonds is 4. The zero-order valence-electron chi connectivity index (χ0n) is 13.4. The fourth-order valence-corrected chi connectivity index (χ4v) is 2.97. The van der Waals surface area contributed by atoms with Crippen LogP contribution in [0.5, 0.6) is 0 Å². The van der Waals surface area contributed by atoms with Crippen molar-refractivity contribution in [3.8, 4) is 0 Å². The molecule has 2 aromatic rings. The Morgan fingerprint density at radius 2 is 2.00 bits per heavy atom. The first-order chi connectivity index (χ1) is 10.6. The van der Waals surface area contributed by atoms with E-state index in [2.05, 4.69) is 29.8 Å². The molecule has 5 heteroatoms. The van der Waals surface area contributed by atoms with Gasteiger partial charge in [-0.1, -0.05) is 26.0 Å². The molecule has 0 spiro atoms. The SMILES string of the molecule is CC(C)Cc1nc2ccccc2n1CC(=O)N1CCNCC1. The number of aromatic nitrogens is 2.